The summed E-state index contributed by atoms with van der Waals surface area (Å²) in [4.78, 5) is 6.67. The molecule has 1 aromatic rings. The van der Waals surface area contributed by atoms with Crippen molar-refractivity contribution in [2.45, 2.75) is 38.7 Å². The van der Waals surface area contributed by atoms with Gasteiger partial charge in [-0.25, -0.2) is 4.98 Å². The summed E-state index contributed by atoms with van der Waals surface area (Å²) in [6.45, 7) is 5.73. The quantitative estimate of drug-likeness (QED) is 0.831. The second-order valence-electron chi connectivity index (χ2n) is 4.33. The lowest BCUT2D eigenvalue weighted by atomic mass is 9.94. The van der Waals surface area contributed by atoms with Gasteiger partial charge in [0, 0.05) is 31.0 Å². The van der Waals surface area contributed by atoms with Gasteiger partial charge >= 0.3 is 0 Å². The van der Waals surface area contributed by atoms with Crippen molar-refractivity contribution in [2.75, 3.05) is 18.0 Å². The highest BCUT2D eigenvalue weighted by Crippen LogP contribution is 2.26. The smallest absolute Gasteiger partial charge is 0.205 e. The third-order valence-corrected chi connectivity index (χ3v) is 3.70. The molecule has 0 amide bonds. The van der Waals surface area contributed by atoms with Crippen LogP contribution >= 0.6 is 11.5 Å². The van der Waals surface area contributed by atoms with Gasteiger partial charge in [-0.15, -0.1) is 0 Å². The fourth-order valence-electron chi connectivity index (χ4n) is 1.70. The van der Waals surface area contributed by atoms with E-state index in [0.717, 1.165) is 43.3 Å². The number of aromatic nitrogens is 2. The lowest BCUT2D eigenvalue weighted by Gasteiger charge is -2.35. The summed E-state index contributed by atoms with van der Waals surface area (Å²) < 4.78 is 4.27. The van der Waals surface area contributed by atoms with E-state index in [2.05, 4.69) is 21.2 Å². The predicted molar refractivity (Wildman–Crippen MR) is 61.4 cm³/mol. The molecule has 2 heterocycles. The zero-order valence-corrected chi connectivity index (χ0v) is 10.0. The van der Waals surface area contributed by atoms with Crippen molar-refractivity contribution < 1.29 is 5.11 Å². The standard InChI is InChI=1S/C10H17N3OS/c1-3-8-11-9(15-12-8)13-6-4-10(2,14)5-7-13/h14H,3-7H2,1-2H3. The molecule has 15 heavy (non-hydrogen) atoms. The molecule has 1 aromatic heterocycles. The summed E-state index contributed by atoms with van der Waals surface area (Å²) in [6.07, 6.45) is 2.52. The van der Waals surface area contributed by atoms with Crippen molar-refractivity contribution in [1.82, 2.24) is 9.36 Å². The second-order valence-corrected chi connectivity index (χ2v) is 5.06. The third-order valence-electron chi connectivity index (χ3n) is 2.88. The van der Waals surface area contributed by atoms with Crippen LogP contribution in [0.25, 0.3) is 0 Å². The Balaban J connectivity index is 2.01. The largest absolute Gasteiger partial charge is 0.390 e. The van der Waals surface area contributed by atoms with Crippen LogP contribution < -0.4 is 4.90 Å². The first-order valence-electron chi connectivity index (χ1n) is 5.40. The first kappa shape index (κ1) is 10.8. The third kappa shape index (κ3) is 2.46. The molecule has 4 nitrogen and oxygen atoms in total. The van der Waals surface area contributed by atoms with E-state index >= 15 is 0 Å². The monoisotopic (exact) mass is 227 g/mol. The van der Waals surface area contributed by atoms with Crippen LogP contribution in [0.3, 0.4) is 0 Å². The van der Waals surface area contributed by atoms with E-state index in [9.17, 15) is 5.11 Å². The first-order chi connectivity index (χ1) is 7.11. The fourth-order valence-corrected chi connectivity index (χ4v) is 2.50. The molecule has 84 valence electrons. The van der Waals surface area contributed by atoms with Gasteiger partial charge in [-0.1, -0.05) is 6.92 Å². The molecule has 1 fully saturated rings. The van der Waals surface area contributed by atoms with Gasteiger partial charge in [-0.05, 0) is 19.8 Å². The number of hydrogen-bond donors (Lipinski definition) is 1. The highest BCUT2D eigenvalue weighted by Gasteiger charge is 2.28. The number of aliphatic hydroxyl groups is 1. The van der Waals surface area contributed by atoms with Crippen molar-refractivity contribution >= 4 is 16.7 Å². The average Bonchev–Trinajstić information content (AvgIpc) is 2.66. The Kier molecular flexibility index (Phi) is 2.93. The van der Waals surface area contributed by atoms with Crippen LogP contribution in [0.5, 0.6) is 0 Å². The van der Waals surface area contributed by atoms with Crippen LogP contribution in [0.1, 0.15) is 32.5 Å². The minimum absolute atomic E-state index is 0.491. The Morgan fingerprint density at radius 1 is 1.47 bits per heavy atom. The molecular formula is C10H17N3OS. The maximum atomic E-state index is 9.83. The van der Waals surface area contributed by atoms with E-state index in [1.807, 2.05) is 6.92 Å². The van der Waals surface area contributed by atoms with Gasteiger partial charge in [0.05, 0.1) is 5.60 Å². The van der Waals surface area contributed by atoms with Crippen LogP contribution in [0.4, 0.5) is 5.13 Å². The van der Waals surface area contributed by atoms with Crippen molar-refractivity contribution in [2.24, 2.45) is 0 Å². The molecule has 1 N–H and O–H groups in total. The van der Waals surface area contributed by atoms with Crippen molar-refractivity contribution in [1.29, 1.82) is 0 Å². The normalized spacial score (nSPS) is 20.6. The molecule has 1 saturated heterocycles. The van der Waals surface area contributed by atoms with Crippen LogP contribution in [-0.4, -0.2) is 33.2 Å². The Hall–Kier alpha value is -0.680. The highest BCUT2D eigenvalue weighted by molar-refractivity contribution is 7.09. The Morgan fingerprint density at radius 3 is 2.67 bits per heavy atom. The predicted octanol–water partition coefficient (Wildman–Crippen LogP) is 1.45. The van der Waals surface area contributed by atoms with Gasteiger partial charge < -0.3 is 10.0 Å². The molecule has 1 aliphatic heterocycles. The van der Waals surface area contributed by atoms with Gasteiger partial charge in [-0.2, -0.15) is 4.37 Å². The van der Waals surface area contributed by atoms with Crippen LogP contribution in [0.2, 0.25) is 0 Å². The van der Waals surface area contributed by atoms with E-state index in [1.165, 1.54) is 11.5 Å². The van der Waals surface area contributed by atoms with Crippen LogP contribution in [0.15, 0.2) is 0 Å². The molecule has 0 unspecified atom stereocenters. The number of rotatable bonds is 2. The highest BCUT2D eigenvalue weighted by atomic mass is 32.1. The first-order valence-corrected chi connectivity index (χ1v) is 6.18. The molecule has 0 bridgehead atoms. The van der Waals surface area contributed by atoms with Gasteiger partial charge in [0.1, 0.15) is 5.82 Å². The van der Waals surface area contributed by atoms with Crippen molar-refractivity contribution in [3.8, 4) is 0 Å². The van der Waals surface area contributed by atoms with Gasteiger partial charge in [0.2, 0.25) is 5.13 Å². The summed E-state index contributed by atoms with van der Waals surface area (Å²) >= 11 is 1.46. The lowest BCUT2D eigenvalue weighted by molar-refractivity contribution is 0.0351. The zero-order valence-electron chi connectivity index (χ0n) is 9.23. The van der Waals surface area contributed by atoms with E-state index < -0.39 is 5.60 Å². The van der Waals surface area contributed by atoms with E-state index in [1.54, 1.807) is 0 Å². The molecule has 0 aliphatic carbocycles. The minimum atomic E-state index is -0.491. The number of aryl methyl sites for hydroxylation is 1. The average molecular weight is 227 g/mol. The lowest BCUT2D eigenvalue weighted by Crippen LogP contribution is -2.42. The molecule has 2 rings (SSSR count). The Morgan fingerprint density at radius 2 is 2.13 bits per heavy atom. The SMILES string of the molecule is CCc1nsc(N2CCC(C)(O)CC2)n1. The maximum absolute atomic E-state index is 9.83. The van der Waals surface area contributed by atoms with Crippen molar-refractivity contribution in [3.05, 3.63) is 5.82 Å². The van der Waals surface area contributed by atoms with Gasteiger partial charge in [0.25, 0.3) is 0 Å². The minimum Gasteiger partial charge on any atom is -0.390 e. The molecule has 0 saturated carbocycles. The number of nitrogens with zero attached hydrogens (tertiary/aromatic N) is 3. The van der Waals surface area contributed by atoms with Crippen molar-refractivity contribution in [3.63, 3.8) is 0 Å². The summed E-state index contributed by atoms with van der Waals surface area (Å²) in [5.74, 6) is 0.923. The summed E-state index contributed by atoms with van der Waals surface area (Å²) in [7, 11) is 0. The molecule has 0 aromatic carbocycles. The molecule has 0 spiro atoms. The van der Waals surface area contributed by atoms with Gasteiger partial charge in [-0.3, -0.25) is 0 Å². The van der Waals surface area contributed by atoms with E-state index in [4.69, 9.17) is 0 Å². The fraction of sp³-hybridized carbons (Fsp3) is 0.800. The summed E-state index contributed by atoms with van der Waals surface area (Å²) in [6, 6.07) is 0. The number of anilines is 1. The Bertz CT molecular complexity index is 327. The molecule has 0 atom stereocenters. The van der Waals surface area contributed by atoms with Crippen LogP contribution in [-0.2, 0) is 6.42 Å². The topological polar surface area (TPSA) is 49.2 Å². The molecule has 1 aliphatic rings. The maximum Gasteiger partial charge on any atom is 0.205 e. The Labute approximate surface area is 94.1 Å². The van der Waals surface area contributed by atoms with Crippen LogP contribution in [0, 0.1) is 0 Å². The van der Waals surface area contributed by atoms with E-state index in [-0.39, 0.29) is 0 Å². The molecule has 0 radical (unpaired) electrons. The van der Waals surface area contributed by atoms with E-state index in [0.29, 0.717) is 0 Å². The van der Waals surface area contributed by atoms with Gasteiger partial charge in [0.15, 0.2) is 0 Å². The summed E-state index contributed by atoms with van der Waals surface area (Å²) in [5.41, 5.74) is -0.491. The molecular weight excluding hydrogens is 210 g/mol. The zero-order chi connectivity index (χ0) is 10.9. The summed E-state index contributed by atoms with van der Waals surface area (Å²) in [5, 5.41) is 10.8. The number of piperidine rings is 1. The molecule has 5 heteroatoms. The second kappa shape index (κ2) is 4.06. The number of hydrogen-bond acceptors (Lipinski definition) is 5.